The molecule has 2 N–H and O–H groups in total. The Hall–Kier alpha value is -2.56. The number of aromatic nitrogens is 4. The van der Waals surface area contributed by atoms with Crippen molar-refractivity contribution in [1.29, 1.82) is 0 Å². The van der Waals surface area contributed by atoms with Crippen LogP contribution >= 0.6 is 0 Å². The van der Waals surface area contributed by atoms with Gasteiger partial charge in [0.25, 0.3) is 0 Å². The largest absolute Gasteiger partial charge is 0.393 e. The number of sulfone groups is 1. The van der Waals surface area contributed by atoms with Crippen molar-refractivity contribution in [3.8, 4) is 11.1 Å². The van der Waals surface area contributed by atoms with E-state index in [1.807, 2.05) is 11.4 Å². The zero-order valence-corrected chi connectivity index (χ0v) is 19.3. The molecule has 0 amide bonds. The lowest BCUT2D eigenvalue weighted by atomic mass is 9.85. The molecule has 0 unspecified atom stereocenters. The van der Waals surface area contributed by atoms with E-state index in [0.29, 0.717) is 12.6 Å². The van der Waals surface area contributed by atoms with Crippen LogP contribution in [0.25, 0.3) is 16.6 Å². The zero-order valence-electron chi connectivity index (χ0n) is 18.5. The Bertz CT molecular complexity index is 1190. The maximum absolute atomic E-state index is 11.8. The van der Waals surface area contributed by atoms with Gasteiger partial charge in [0.15, 0.2) is 14.9 Å². The first kappa shape index (κ1) is 22.6. The molecular formula is C22H29N5O4S. The van der Waals surface area contributed by atoms with Crippen molar-refractivity contribution in [3.05, 3.63) is 36.3 Å². The van der Waals surface area contributed by atoms with Crippen LogP contribution in [0.4, 0.5) is 5.95 Å². The highest BCUT2D eigenvalue weighted by Gasteiger charge is 2.26. The number of methoxy groups -OCH3 is 1. The number of aliphatic hydroxyl groups excluding tert-OH is 1. The number of aliphatic hydroxyl groups is 1. The van der Waals surface area contributed by atoms with Crippen LogP contribution in [0.5, 0.6) is 0 Å². The topological polar surface area (TPSA) is 119 Å². The summed E-state index contributed by atoms with van der Waals surface area (Å²) in [7, 11) is -1.71. The van der Waals surface area contributed by atoms with Gasteiger partial charge in [0.2, 0.25) is 5.95 Å². The van der Waals surface area contributed by atoms with Gasteiger partial charge in [-0.15, -0.1) is 5.10 Å². The van der Waals surface area contributed by atoms with Crippen molar-refractivity contribution in [2.45, 2.75) is 55.7 Å². The summed E-state index contributed by atoms with van der Waals surface area (Å²) in [4.78, 5) is 8.63. The number of hydrogen-bond acceptors (Lipinski definition) is 8. The molecule has 0 radical (unpaired) electrons. The predicted molar refractivity (Wildman–Crippen MR) is 122 cm³/mol. The van der Waals surface area contributed by atoms with E-state index < -0.39 is 9.84 Å². The van der Waals surface area contributed by atoms with E-state index in [2.05, 4.69) is 21.4 Å². The average Bonchev–Trinajstić information content (AvgIpc) is 3.13. The first-order valence-corrected chi connectivity index (χ1v) is 12.6. The molecule has 1 fully saturated rings. The lowest BCUT2D eigenvalue weighted by Gasteiger charge is -2.25. The molecule has 1 saturated carbocycles. The number of nitrogens with one attached hydrogen (secondary N) is 1. The first-order valence-electron chi connectivity index (χ1n) is 10.7. The fourth-order valence-electron chi connectivity index (χ4n) is 4.25. The van der Waals surface area contributed by atoms with Crippen LogP contribution in [0, 0.1) is 0 Å². The Balaban J connectivity index is 1.77. The fraction of sp³-hybridized carbons (Fsp3) is 0.500. The van der Waals surface area contributed by atoms with E-state index in [-0.39, 0.29) is 23.1 Å². The second kappa shape index (κ2) is 9.13. The van der Waals surface area contributed by atoms with Crippen molar-refractivity contribution in [1.82, 2.24) is 19.6 Å². The van der Waals surface area contributed by atoms with E-state index in [0.717, 1.165) is 54.3 Å². The molecule has 3 heterocycles. The summed E-state index contributed by atoms with van der Waals surface area (Å²) in [6.07, 6.45) is 7.54. The normalized spacial score (nSPS) is 20.4. The van der Waals surface area contributed by atoms with Crippen molar-refractivity contribution in [3.63, 3.8) is 0 Å². The molecule has 0 spiro atoms. The third-order valence-electron chi connectivity index (χ3n) is 5.88. The zero-order chi connectivity index (χ0) is 22.9. The molecule has 172 valence electrons. The Morgan fingerprint density at radius 1 is 1.22 bits per heavy atom. The number of rotatable bonds is 7. The predicted octanol–water partition coefficient (Wildman–Crippen LogP) is 2.66. The molecule has 0 saturated heterocycles. The van der Waals surface area contributed by atoms with E-state index in [9.17, 15) is 13.5 Å². The minimum atomic E-state index is -3.37. The number of ether oxygens (including phenoxy) is 1. The van der Waals surface area contributed by atoms with Gasteiger partial charge in [0.1, 0.15) is 0 Å². The summed E-state index contributed by atoms with van der Waals surface area (Å²) in [6, 6.07) is 5.42. The molecule has 0 aliphatic heterocycles. The fourth-order valence-corrected chi connectivity index (χ4v) is 4.80. The Morgan fingerprint density at radius 2 is 1.97 bits per heavy atom. The molecule has 10 heteroatoms. The number of pyridine rings is 1. The molecule has 4 rings (SSSR count). The van der Waals surface area contributed by atoms with E-state index in [4.69, 9.17) is 9.84 Å². The molecule has 1 aliphatic carbocycles. The quantitative estimate of drug-likeness (QED) is 0.554. The smallest absolute Gasteiger partial charge is 0.241 e. The summed E-state index contributed by atoms with van der Waals surface area (Å²) in [6.45, 7) is 2.53. The third-order valence-corrected chi connectivity index (χ3v) is 6.88. The molecule has 0 aromatic carbocycles. The number of fused-ring (bicyclic) bond motifs is 1. The lowest BCUT2D eigenvalue weighted by molar-refractivity contribution is 0.121. The second-order valence-corrected chi connectivity index (χ2v) is 10.5. The maximum atomic E-state index is 11.8. The van der Waals surface area contributed by atoms with Gasteiger partial charge < -0.3 is 15.2 Å². The summed E-state index contributed by atoms with van der Waals surface area (Å²) in [5, 5.41) is 18.0. The molecule has 9 nitrogen and oxygen atoms in total. The molecule has 3 aromatic rings. The van der Waals surface area contributed by atoms with Gasteiger partial charge in [0, 0.05) is 48.3 Å². The van der Waals surface area contributed by atoms with Gasteiger partial charge in [-0.05, 0) is 50.8 Å². The Kier molecular flexibility index (Phi) is 6.45. The highest BCUT2D eigenvalue weighted by Crippen LogP contribution is 2.37. The molecule has 0 bridgehead atoms. The van der Waals surface area contributed by atoms with E-state index >= 15 is 0 Å². The third kappa shape index (κ3) is 4.77. The van der Waals surface area contributed by atoms with Crippen LogP contribution in [0.1, 0.15) is 44.2 Å². The minimum absolute atomic E-state index is 0.0427. The number of anilines is 1. The molecule has 3 aromatic heterocycles. The SMILES string of the molecule is COC[C@H](C)Nc1ncc2c(-c3ccc(S(C)(=O)=O)nc3)cc(C3CCC(O)CC3)n2n1. The van der Waals surface area contributed by atoms with Gasteiger partial charge in [-0.2, -0.15) is 0 Å². The van der Waals surface area contributed by atoms with Gasteiger partial charge in [0.05, 0.1) is 24.4 Å². The lowest BCUT2D eigenvalue weighted by Crippen LogP contribution is -2.23. The summed E-state index contributed by atoms with van der Waals surface area (Å²) in [5.74, 6) is 0.772. The highest BCUT2D eigenvalue weighted by atomic mass is 32.2. The van der Waals surface area contributed by atoms with E-state index in [1.165, 1.54) is 6.07 Å². The first-order chi connectivity index (χ1) is 15.3. The van der Waals surface area contributed by atoms with Crippen molar-refractivity contribution in [2.75, 3.05) is 25.3 Å². The molecule has 1 atom stereocenters. The Labute approximate surface area is 187 Å². The summed E-state index contributed by atoms with van der Waals surface area (Å²) >= 11 is 0. The van der Waals surface area contributed by atoms with Crippen molar-refractivity contribution >= 4 is 21.3 Å². The van der Waals surface area contributed by atoms with Crippen LogP contribution in [0.3, 0.4) is 0 Å². The second-order valence-electron chi connectivity index (χ2n) is 8.53. The average molecular weight is 460 g/mol. The highest BCUT2D eigenvalue weighted by molar-refractivity contribution is 7.90. The Morgan fingerprint density at radius 3 is 2.59 bits per heavy atom. The van der Waals surface area contributed by atoms with Crippen molar-refractivity contribution < 1.29 is 18.3 Å². The maximum Gasteiger partial charge on any atom is 0.241 e. The van der Waals surface area contributed by atoms with Gasteiger partial charge in [-0.25, -0.2) is 22.9 Å². The van der Waals surface area contributed by atoms with Crippen LogP contribution in [0.15, 0.2) is 35.6 Å². The summed E-state index contributed by atoms with van der Waals surface area (Å²) in [5.41, 5.74) is 3.58. The van der Waals surface area contributed by atoms with Crippen LogP contribution in [-0.4, -0.2) is 65.2 Å². The van der Waals surface area contributed by atoms with E-state index in [1.54, 1.807) is 25.6 Å². The standard InChI is InChI=1S/C22H29N5O4S/c1-14(13-31-2)25-22-24-12-20-18(16-6-9-21(23-11-16)32(3,29)30)10-19(27(20)26-22)15-4-7-17(28)8-5-15/h6,9-12,14-15,17,28H,4-5,7-8,13H2,1-3H3,(H,25,26)/t14-,15?,17?/m0/s1. The van der Waals surface area contributed by atoms with Gasteiger partial charge >= 0.3 is 0 Å². The van der Waals surface area contributed by atoms with Gasteiger partial charge in [-0.3, -0.25) is 0 Å². The van der Waals surface area contributed by atoms with Crippen LogP contribution < -0.4 is 5.32 Å². The number of nitrogens with zero attached hydrogens (tertiary/aromatic N) is 4. The van der Waals surface area contributed by atoms with Crippen LogP contribution in [0.2, 0.25) is 0 Å². The summed E-state index contributed by atoms with van der Waals surface area (Å²) < 4.78 is 30.7. The van der Waals surface area contributed by atoms with Crippen molar-refractivity contribution in [2.24, 2.45) is 0 Å². The van der Waals surface area contributed by atoms with Gasteiger partial charge in [-0.1, -0.05) is 0 Å². The molecule has 32 heavy (non-hydrogen) atoms. The minimum Gasteiger partial charge on any atom is -0.393 e. The monoisotopic (exact) mass is 459 g/mol. The van der Waals surface area contributed by atoms with Crippen LogP contribution in [-0.2, 0) is 14.6 Å². The number of hydrogen-bond donors (Lipinski definition) is 2. The molecular weight excluding hydrogens is 430 g/mol. The molecule has 1 aliphatic rings.